The van der Waals surface area contributed by atoms with E-state index < -0.39 is 0 Å². The van der Waals surface area contributed by atoms with Crippen molar-refractivity contribution in [3.8, 4) is 11.1 Å². The number of rotatable bonds is 5. The molecule has 1 aliphatic heterocycles. The Morgan fingerprint density at radius 2 is 2.09 bits per heavy atom. The fourth-order valence-electron chi connectivity index (χ4n) is 4.59. The van der Waals surface area contributed by atoms with Crippen LogP contribution in [-0.4, -0.2) is 51.2 Å². The number of amides is 1. The molecule has 0 unspecified atom stereocenters. The lowest BCUT2D eigenvalue weighted by Crippen LogP contribution is -2.40. The predicted octanol–water partition coefficient (Wildman–Crippen LogP) is 3.02. The second-order valence-electron chi connectivity index (χ2n) is 8.27. The summed E-state index contributed by atoms with van der Waals surface area (Å²) in [7, 11) is 1.90. The van der Waals surface area contributed by atoms with Crippen LogP contribution in [0.2, 0.25) is 0 Å². The van der Waals surface area contributed by atoms with Gasteiger partial charge in [-0.15, -0.1) is 6.58 Å². The molecule has 1 saturated heterocycles. The van der Waals surface area contributed by atoms with E-state index >= 15 is 0 Å². The Labute approximate surface area is 186 Å². The molecule has 32 heavy (non-hydrogen) atoms. The van der Waals surface area contributed by atoms with E-state index in [-0.39, 0.29) is 11.5 Å². The molecule has 7 heteroatoms. The highest BCUT2D eigenvalue weighted by atomic mass is 16.5. The van der Waals surface area contributed by atoms with E-state index in [1.54, 1.807) is 10.9 Å². The highest BCUT2D eigenvalue weighted by molar-refractivity contribution is 6.07. The fraction of sp³-hybridized carbons (Fsp3) is 0.320. The van der Waals surface area contributed by atoms with Crippen molar-refractivity contribution in [1.29, 1.82) is 0 Å². The first-order valence-electron chi connectivity index (χ1n) is 10.9. The summed E-state index contributed by atoms with van der Waals surface area (Å²) in [6, 6.07) is 3.96. The zero-order valence-electron chi connectivity index (χ0n) is 18.2. The Balaban J connectivity index is 1.69. The number of morpholine rings is 1. The Hall–Kier alpha value is -3.45. The van der Waals surface area contributed by atoms with Crippen LogP contribution >= 0.6 is 0 Å². The number of nitrogens with zero attached hydrogens (tertiary/aromatic N) is 4. The number of hydrogen-bond acceptors (Lipinski definition) is 4. The van der Waals surface area contributed by atoms with Gasteiger partial charge < -0.3 is 18.8 Å². The lowest BCUT2D eigenvalue weighted by molar-refractivity contribution is 0.0304. The lowest BCUT2D eigenvalue weighted by Gasteiger charge is -2.27. The summed E-state index contributed by atoms with van der Waals surface area (Å²) >= 11 is 0. The van der Waals surface area contributed by atoms with Gasteiger partial charge in [0.05, 0.1) is 36.1 Å². The van der Waals surface area contributed by atoms with Gasteiger partial charge in [0.25, 0.3) is 11.5 Å². The first-order chi connectivity index (χ1) is 15.6. The molecule has 3 heterocycles. The van der Waals surface area contributed by atoms with Crippen LogP contribution in [0.25, 0.3) is 28.2 Å². The summed E-state index contributed by atoms with van der Waals surface area (Å²) in [5.41, 5.74) is 5.82. The Morgan fingerprint density at radius 3 is 2.88 bits per heavy atom. The summed E-state index contributed by atoms with van der Waals surface area (Å²) in [6.45, 7) is 6.61. The van der Waals surface area contributed by atoms with Crippen LogP contribution in [-0.2, 0) is 24.8 Å². The summed E-state index contributed by atoms with van der Waals surface area (Å²) in [6.07, 6.45) is 10.8. The Bertz CT molecular complexity index is 1310. The van der Waals surface area contributed by atoms with Gasteiger partial charge in [-0.1, -0.05) is 18.2 Å². The van der Waals surface area contributed by atoms with Crippen molar-refractivity contribution in [1.82, 2.24) is 19.0 Å². The monoisotopic (exact) mass is 430 g/mol. The first kappa shape index (κ1) is 20.5. The third kappa shape index (κ3) is 3.39. The molecule has 7 nitrogen and oxygen atoms in total. The molecule has 0 bridgehead atoms. The molecule has 2 aromatic heterocycles. The normalized spacial score (nSPS) is 15.3. The first-order valence-corrected chi connectivity index (χ1v) is 10.9. The molecule has 0 spiro atoms. The van der Waals surface area contributed by atoms with Crippen molar-refractivity contribution in [3.63, 3.8) is 0 Å². The summed E-state index contributed by atoms with van der Waals surface area (Å²) in [5, 5.41) is 0. The Morgan fingerprint density at radius 1 is 1.28 bits per heavy atom. The number of allylic oxidation sites excluding steroid dienone is 2. The number of carbonyl (C=O) groups excluding carboxylic acids is 1. The Kier molecular flexibility index (Phi) is 5.27. The number of pyridine rings is 1. The second-order valence-corrected chi connectivity index (χ2v) is 8.27. The second kappa shape index (κ2) is 8.24. The molecule has 3 aromatic rings. The summed E-state index contributed by atoms with van der Waals surface area (Å²) < 4.78 is 9.07. The molecule has 0 radical (unpaired) electrons. The number of ether oxygens (including phenoxy) is 1. The zero-order chi connectivity index (χ0) is 22.2. The van der Waals surface area contributed by atoms with E-state index in [1.165, 1.54) is 0 Å². The number of aryl methyl sites for hydroxylation is 2. The zero-order valence-corrected chi connectivity index (χ0v) is 18.2. The molecular weight excluding hydrogens is 404 g/mol. The van der Waals surface area contributed by atoms with Crippen molar-refractivity contribution in [2.45, 2.75) is 19.4 Å². The third-order valence-electron chi connectivity index (χ3n) is 6.25. The quantitative estimate of drug-likeness (QED) is 0.584. The van der Waals surface area contributed by atoms with E-state index in [4.69, 9.17) is 4.74 Å². The SMILES string of the molecule is C=CCCn1cc(-c2cc(C(=O)N3CCOCC3)c3c(c2)ncn3C)c2c(c1=O)CC=C2. The molecule has 0 N–H and O–H groups in total. The molecule has 5 rings (SSSR count). The van der Waals surface area contributed by atoms with E-state index in [1.807, 2.05) is 53.1 Å². The molecule has 1 aromatic carbocycles. The third-order valence-corrected chi connectivity index (χ3v) is 6.25. The molecule has 1 amide bonds. The molecule has 1 fully saturated rings. The lowest BCUT2D eigenvalue weighted by atomic mass is 9.96. The van der Waals surface area contributed by atoms with Crippen LogP contribution in [0.4, 0.5) is 0 Å². The van der Waals surface area contributed by atoms with Crippen LogP contribution in [0.1, 0.15) is 27.9 Å². The van der Waals surface area contributed by atoms with Crippen molar-refractivity contribution in [2.75, 3.05) is 26.3 Å². The van der Waals surface area contributed by atoms with Crippen LogP contribution in [0.5, 0.6) is 0 Å². The van der Waals surface area contributed by atoms with Crippen LogP contribution in [0.15, 0.2) is 48.2 Å². The van der Waals surface area contributed by atoms with Crippen molar-refractivity contribution >= 4 is 23.0 Å². The number of carbonyl (C=O) groups is 1. The fourth-order valence-corrected chi connectivity index (χ4v) is 4.59. The van der Waals surface area contributed by atoms with E-state index in [0.29, 0.717) is 51.3 Å². The molecular formula is C25H26N4O3. The number of benzene rings is 1. The van der Waals surface area contributed by atoms with Gasteiger partial charge >= 0.3 is 0 Å². The minimum atomic E-state index is -0.0177. The topological polar surface area (TPSA) is 69.4 Å². The smallest absolute Gasteiger partial charge is 0.256 e. The standard InChI is InChI=1S/C25H26N4O3/c1-3-4-8-29-15-21(18-6-5-7-19(18)24(29)30)17-13-20(23-22(14-17)26-16-27(23)2)25(31)28-9-11-32-12-10-28/h3,5-6,13-16H,1,4,7-12H2,2H3. The highest BCUT2D eigenvalue weighted by Crippen LogP contribution is 2.33. The maximum atomic E-state index is 13.5. The summed E-state index contributed by atoms with van der Waals surface area (Å²) in [4.78, 5) is 32.8. The van der Waals surface area contributed by atoms with Gasteiger partial charge in [-0.3, -0.25) is 9.59 Å². The van der Waals surface area contributed by atoms with Gasteiger partial charge in [-0.2, -0.15) is 0 Å². The van der Waals surface area contributed by atoms with Gasteiger partial charge in [0, 0.05) is 44.0 Å². The average molecular weight is 431 g/mol. The molecule has 1 aliphatic carbocycles. The van der Waals surface area contributed by atoms with Crippen LogP contribution in [0.3, 0.4) is 0 Å². The van der Waals surface area contributed by atoms with E-state index in [9.17, 15) is 9.59 Å². The van der Waals surface area contributed by atoms with Crippen molar-refractivity contribution in [3.05, 3.63) is 70.4 Å². The predicted molar refractivity (Wildman–Crippen MR) is 125 cm³/mol. The van der Waals surface area contributed by atoms with Gasteiger partial charge in [-0.05, 0) is 36.1 Å². The minimum Gasteiger partial charge on any atom is -0.378 e. The van der Waals surface area contributed by atoms with Gasteiger partial charge in [0.1, 0.15) is 0 Å². The van der Waals surface area contributed by atoms with Crippen LogP contribution in [0, 0.1) is 0 Å². The molecule has 0 saturated carbocycles. The van der Waals surface area contributed by atoms with Crippen molar-refractivity contribution in [2.24, 2.45) is 7.05 Å². The summed E-state index contributed by atoms with van der Waals surface area (Å²) in [5.74, 6) is -0.0177. The van der Waals surface area contributed by atoms with Gasteiger partial charge in [0.2, 0.25) is 0 Å². The van der Waals surface area contributed by atoms with E-state index in [0.717, 1.165) is 33.3 Å². The number of fused-ring (bicyclic) bond motifs is 2. The van der Waals surface area contributed by atoms with Crippen LogP contribution < -0.4 is 5.56 Å². The molecule has 164 valence electrons. The maximum absolute atomic E-state index is 13.5. The van der Waals surface area contributed by atoms with E-state index in [2.05, 4.69) is 11.6 Å². The van der Waals surface area contributed by atoms with Crippen molar-refractivity contribution < 1.29 is 9.53 Å². The molecule has 0 atom stereocenters. The van der Waals surface area contributed by atoms with Gasteiger partial charge in [0.15, 0.2) is 0 Å². The number of imidazole rings is 1. The number of hydrogen-bond donors (Lipinski definition) is 0. The maximum Gasteiger partial charge on any atom is 0.256 e. The minimum absolute atomic E-state index is 0.0177. The van der Waals surface area contributed by atoms with Gasteiger partial charge in [-0.25, -0.2) is 4.98 Å². The largest absolute Gasteiger partial charge is 0.378 e. The highest BCUT2D eigenvalue weighted by Gasteiger charge is 2.25. The number of aromatic nitrogens is 3. The average Bonchev–Trinajstić information content (AvgIpc) is 3.46. The molecule has 2 aliphatic rings.